The van der Waals surface area contributed by atoms with Gasteiger partial charge in [-0.25, -0.2) is 4.98 Å². The second-order valence-electron chi connectivity index (χ2n) is 4.60. The molecule has 1 saturated heterocycles. The van der Waals surface area contributed by atoms with Crippen LogP contribution in [0.3, 0.4) is 0 Å². The molecule has 6 heteroatoms. The van der Waals surface area contributed by atoms with Gasteiger partial charge in [0.2, 0.25) is 5.91 Å². The van der Waals surface area contributed by atoms with Crippen LogP contribution in [-0.4, -0.2) is 46.2 Å². The zero-order chi connectivity index (χ0) is 11.8. The van der Waals surface area contributed by atoms with E-state index < -0.39 is 0 Å². The van der Waals surface area contributed by atoms with Crippen LogP contribution in [-0.2, 0) is 22.6 Å². The first kappa shape index (κ1) is 10.7. The number of imidazole rings is 1. The minimum atomic E-state index is -0.184. The fraction of sp³-hybridized carbons (Fsp3) is 0.636. The summed E-state index contributed by atoms with van der Waals surface area (Å²) in [6, 6.07) is -0.163. The van der Waals surface area contributed by atoms with Crippen LogP contribution in [0.2, 0.25) is 0 Å². The molecule has 2 atom stereocenters. The molecule has 2 aliphatic heterocycles. The maximum Gasteiger partial charge on any atom is 0.230 e. The standard InChI is InChI=1S/C11H16N4O2/c12-9-7-17-6-8(9)11(16)15-4-3-14-2-1-13-10(14)5-15/h1-2,8-9H,3-7,12H2. The van der Waals surface area contributed by atoms with Crippen molar-refractivity contribution in [2.45, 2.75) is 19.1 Å². The van der Waals surface area contributed by atoms with E-state index in [0.717, 1.165) is 18.9 Å². The van der Waals surface area contributed by atoms with E-state index in [2.05, 4.69) is 9.55 Å². The first-order valence-corrected chi connectivity index (χ1v) is 5.88. The van der Waals surface area contributed by atoms with Gasteiger partial charge >= 0.3 is 0 Å². The summed E-state index contributed by atoms with van der Waals surface area (Å²) in [6.07, 6.45) is 3.72. The van der Waals surface area contributed by atoms with Gasteiger partial charge in [0.05, 0.1) is 25.7 Å². The topological polar surface area (TPSA) is 73.4 Å². The minimum Gasteiger partial charge on any atom is -0.379 e. The summed E-state index contributed by atoms with van der Waals surface area (Å²) >= 11 is 0. The third-order valence-corrected chi connectivity index (χ3v) is 3.50. The zero-order valence-corrected chi connectivity index (χ0v) is 9.58. The molecule has 17 heavy (non-hydrogen) atoms. The largest absolute Gasteiger partial charge is 0.379 e. The molecular formula is C11H16N4O2. The van der Waals surface area contributed by atoms with Crippen molar-refractivity contribution in [3.05, 3.63) is 18.2 Å². The van der Waals surface area contributed by atoms with Gasteiger partial charge in [0.15, 0.2) is 0 Å². The second kappa shape index (κ2) is 4.12. The molecule has 92 valence electrons. The van der Waals surface area contributed by atoms with Crippen molar-refractivity contribution < 1.29 is 9.53 Å². The molecule has 6 nitrogen and oxygen atoms in total. The number of aromatic nitrogens is 2. The Hall–Kier alpha value is -1.40. The first-order chi connectivity index (χ1) is 8.25. The SMILES string of the molecule is NC1COCC1C(=O)N1CCn2ccnc2C1. The lowest BCUT2D eigenvalue weighted by atomic mass is 10.0. The normalized spacial score (nSPS) is 28.2. The summed E-state index contributed by atoms with van der Waals surface area (Å²) in [5.74, 6) is 0.859. The molecule has 2 N–H and O–H groups in total. The van der Waals surface area contributed by atoms with E-state index in [0.29, 0.717) is 19.8 Å². The molecule has 1 fully saturated rings. The third kappa shape index (κ3) is 1.83. The quantitative estimate of drug-likeness (QED) is 0.692. The number of carbonyl (C=O) groups is 1. The number of hydrogen-bond donors (Lipinski definition) is 1. The Morgan fingerprint density at radius 2 is 2.35 bits per heavy atom. The number of hydrogen-bond acceptors (Lipinski definition) is 4. The summed E-state index contributed by atoms with van der Waals surface area (Å²) in [4.78, 5) is 18.3. The summed E-state index contributed by atoms with van der Waals surface area (Å²) in [6.45, 7) is 3.05. The fourth-order valence-electron chi connectivity index (χ4n) is 2.42. The smallest absolute Gasteiger partial charge is 0.230 e. The Kier molecular flexibility index (Phi) is 2.60. The highest BCUT2D eigenvalue weighted by Crippen LogP contribution is 2.18. The van der Waals surface area contributed by atoms with Crippen molar-refractivity contribution in [2.75, 3.05) is 19.8 Å². The van der Waals surface area contributed by atoms with Crippen molar-refractivity contribution in [1.29, 1.82) is 0 Å². The number of fused-ring (bicyclic) bond motifs is 1. The maximum atomic E-state index is 12.3. The van der Waals surface area contributed by atoms with Crippen LogP contribution in [0.5, 0.6) is 0 Å². The minimum absolute atomic E-state index is 0.101. The Balaban J connectivity index is 1.72. The van der Waals surface area contributed by atoms with Crippen molar-refractivity contribution in [3.63, 3.8) is 0 Å². The van der Waals surface area contributed by atoms with Crippen LogP contribution in [0.25, 0.3) is 0 Å². The summed E-state index contributed by atoms with van der Waals surface area (Å²) in [5, 5.41) is 0. The highest BCUT2D eigenvalue weighted by atomic mass is 16.5. The van der Waals surface area contributed by atoms with Gasteiger partial charge in [-0.3, -0.25) is 4.79 Å². The van der Waals surface area contributed by atoms with Gasteiger partial charge in [-0.15, -0.1) is 0 Å². The molecular weight excluding hydrogens is 220 g/mol. The Bertz CT molecular complexity index is 431. The number of carbonyl (C=O) groups excluding carboxylic acids is 1. The van der Waals surface area contributed by atoms with Crippen molar-refractivity contribution in [1.82, 2.24) is 14.5 Å². The van der Waals surface area contributed by atoms with Gasteiger partial charge in [0.1, 0.15) is 5.82 Å². The fourth-order valence-corrected chi connectivity index (χ4v) is 2.42. The highest BCUT2D eigenvalue weighted by molar-refractivity contribution is 5.80. The predicted octanol–water partition coefficient (Wildman–Crippen LogP) is -0.801. The van der Waals surface area contributed by atoms with Crippen LogP contribution in [0, 0.1) is 5.92 Å². The monoisotopic (exact) mass is 236 g/mol. The maximum absolute atomic E-state index is 12.3. The lowest BCUT2D eigenvalue weighted by Gasteiger charge is -2.30. The van der Waals surface area contributed by atoms with Crippen LogP contribution >= 0.6 is 0 Å². The van der Waals surface area contributed by atoms with Gasteiger partial charge in [-0.1, -0.05) is 0 Å². The van der Waals surface area contributed by atoms with Crippen molar-refractivity contribution in [2.24, 2.45) is 11.7 Å². The third-order valence-electron chi connectivity index (χ3n) is 3.50. The Labute approximate surface area is 99.4 Å². The molecule has 3 heterocycles. The van der Waals surface area contributed by atoms with E-state index in [1.54, 1.807) is 6.20 Å². The molecule has 0 aliphatic carbocycles. The predicted molar refractivity (Wildman–Crippen MR) is 59.9 cm³/mol. The second-order valence-corrected chi connectivity index (χ2v) is 4.60. The van der Waals surface area contributed by atoms with E-state index >= 15 is 0 Å². The lowest BCUT2D eigenvalue weighted by molar-refractivity contribution is -0.137. The molecule has 0 radical (unpaired) electrons. The Morgan fingerprint density at radius 3 is 3.12 bits per heavy atom. The van der Waals surface area contributed by atoms with E-state index in [4.69, 9.17) is 10.5 Å². The van der Waals surface area contributed by atoms with Gasteiger partial charge < -0.3 is 19.9 Å². The summed E-state index contributed by atoms with van der Waals surface area (Å²) < 4.78 is 7.32. The Morgan fingerprint density at radius 1 is 1.47 bits per heavy atom. The molecule has 2 unspecified atom stereocenters. The molecule has 0 saturated carbocycles. The number of nitrogens with zero attached hydrogens (tertiary/aromatic N) is 3. The van der Waals surface area contributed by atoms with Crippen LogP contribution in [0.4, 0.5) is 0 Å². The molecule has 0 spiro atoms. The van der Waals surface area contributed by atoms with Gasteiger partial charge in [-0.05, 0) is 0 Å². The van der Waals surface area contributed by atoms with Crippen LogP contribution in [0.1, 0.15) is 5.82 Å². The zero-order valence-electron chi connectivity index (χ0n) is 9.58. The van der Waals surface area contributed by atoms with Gasteiger partial charge in [-0.2, -0.15) is 0 Å². The number of rotatable bonds is 1. The van der Waals surface area contributed by atoms with Crippen molar-refractivity contribution >= 4 is 5.91 Å². The number of nitrogens with two attached hydrogens (primary N) is 1. The van der Waals surface area contributed by atoms with E-state index in [9.17, 15) is 4.79 Å². The number of amides is 1. The first-order valence-electron chi connectivity index (χ1n) is 5.88. The van der Waals surface area contributed by atoms with Gasteiger partial charge in [0, 0.05) is 31.5 Å². The molecule has 0 aromatic carbocycles. The van der Waals surface area contributed by atoms with E-state index in [1.165, 1.54) is 0 Å². The molecule has 2 aliphatic rings. The van der Waals surface area contributed by atoms with Crippen LogP contribution < -0.4 is 5.73 Å². The average Bonchev–Trinajstić information content (AvgIpc) is 2.95. The van der Waals surface area contributed by atoms with E-state index in [-0.39, 0.29) is 17.9 Å². The number of ether oxygens (including phenoxy) is 1. The van der Waals surface area contributed by atoms with Crippen molar-refractivity contribution in [3.8, 4) is 0 Å². The van der Waals surface area contributed by atoms with Gasteiger partial charge in [0.25, 0.3) is 0 Å². The molecule has 1 aromatic rings. The van der Waals surface area contributed by atoms with E-state index in [1.807, 2.05) is 11.1 Å². The highest BCUT2D eigenvalue weighted by Gasteiger charge is 2.35. The molecule has 1 amide bonds. The summed E-state index contributed by atoms with van der Waals surface area (Å²) in [5.41, 5.74) is 5.87. The van der Waals surface area contributed by atoms with Crippen LogP contribution in [0.15, 0.2) is 12.4 Å². The summed E-state index contributed by atoms with van der Waals surface area (Å²) in [7, 11) is 0. The molecule has 1 aromatic heterocycles. The molecule has 0 bridgehead atoms. The molecule has 3 rings (SSSR count). The lowest BCUT2D eigenvalue weighted by Crippen LogP contribution is -2.46. The average molecular weight is 236 g/mol.